The Hall–Kier alpha value is -2.28. The topological polar surface area (TPSA) is 76.8 Å². The molecule has 2 aromatic rings. The third kappa shape index (κ3) is 6.10. The molecular formula is C22H30ClN3O3. The number of amides is 1. The predicted molar refractivity (Wildman–Crippen MR) is 118 cm³/mol. The van der Waals surface area contributed by atoms with E-state index in [1.165, 1.54) is 5.56 Å². The van der Waals surface area contributed by atoms with E-state index in [-0.39, 0.29) is 30.3 Å². The summed E-state index contributed by atoms with van der Waals surface area (Å²) >= 11 is 0. The zero-order chi connectivity index (χ0) is 19.9. The molecule has 1 aliphatic heterocycles. The minimum Gasteiger partial charge on any atom is -0.490 e. The summed E-state index contributed by atoms with van der Waals surface area (Å²) < 4.78 is 11.2. The monoisotopic (exact) mass is 419 g/mol. The summed E-state index contributed by atoms with van der Waals surface area (Å²) in [6.07, 6.45) is 0. The van der Waals surface area contributed by atoms with Crippen LogP contribution in [0.15, 0.2) is 48.5 Å². The third-order valence-electron chi connectivity index (χ3n) is 4.86. The molecule has 2 atom stereocenters. The molecule has 1 heterocycles. The minimum absolute atomic E-state index is 0. The fraction of sp³-hybridized carbons (Fsp3) is 0.409. The normalized spacial score (nSPS) is 18.7. The van der Waals surface area contributed by atoms with Crippen molar-refractivity contribution in [2.75, 3.05) is 38.2 Å². The highest BCUT2D eigenvalue weighted by Gasteiger charge is 2.32. The van der Waals surface area contributed by atoms with Gasteiger partial charge in [-0.3, -0.25) is 9.69 Å². The predicted octanol–water partition coefficient (Wildman–Crippen LogP) is 3.27. The molecule has 2 aromatic carbocycles. The maximum absolute atomic E-state index is 12.5. The average molecular weight is 420 g/mol. The summed E-state index contributed by atoms with van der Waals surface area (Å²) in [5.41, 5.74) is 8.25. The molecule has 0 unspecified atom stereocenters. The number of benzene rings is 2. The molecule has 7 heteroatoms. The number of rotatable bonds is 8. The summed E-state index contributed by atoms with van der Waals surface area (Å²) in [4.78, 5) is 14.6. The first-order valence-electron chi connectivity index (χ1n) is 9.83. The molecule has 0 saturated carbocycles. The first kappa shape index (κ1) is 23.0. The van der Waals surface area contributed by atoms with Gasteiger partial charge in [-0.05, 0) is 31.5 Å². The van der Waals surface area contributed by atoms with Gasteiger partial charge in [-0.2, -0.15) is 0 Å². The molecule has 1 fully saturated rings. The lowest BCUT2D eigenvalue weighted by atomic mass is 9.95. The molecular weight excluding hydrogens is 390 g/mol. The molecule has 6 nitrogen and oxygen atoms in total. The van der Waals surface area contributed by atoms with E-state index in [0.717, 1.165) is 6.54 Å². The van der Waals surface area contributed by atoms with Gasteiger partial charge in [-0.15, -0.1) is 12.4 Å². The zero-order valence-electron chi connectivity index (χ0n) is 17.0. The van der Waals surface area contributed by atoms with Gasteiger partial charge in [0.25, 0.3) is 0 Å². The van der Waals surface area contributed by atoms with Crippen LogP contribution in [0, 0.1) is 0 Å². The van der Waals surface area contributed by atoms with Crippen molar-refractivity contribution in [1.82, 2.24) is 4.90 Å². The fourth-order valence-electron chi connectivity index (χ4n) is 3.63. The van der Waals surface area contributed by atoms with Crippen LogP contribution in [0.25, 0.3) is 0 Å². The highest BCUT2D eigenvalue weighted by Crippen LogP contribution is 2.31. The van der Waals surface area contributed by atoms with Crippen molar-refractivity contribution in [3.8, 4) is 11.5 Å². The Balaban J connectivity index is 0.00000300. The Morgan fingerprint density at radius 2 is 1.76 bits per heavy atom. The van der Waals surface area contributed by atoms with Gasteiger partial charge in [0, 0.05) is 36.8 Å². The van der Waals surface area contributed by atoms with Crippen LogP contribution in [-0.4, -0.2) is 49.7 Å². The van der Waals surface area contributed by atoms with Crippen LogP contribution in [0.2, 0.25) is 0 Å². The van der Waals surface area contributed by atoms with Crippen molar-refractivity contribution in [1.29, 1.82) is 0 Å². The number of carbonyl (C=O) groups is 1. The molecule has 1 amide bonds. The molecule has 1 saturated heterocycles. The molecule has 3 rings (SSSR count). The van der Waals surface area contributed by atoms with Gasteiger partial charge < -0.3 is 20.5 Å². The van der Waals surface area contributed by atoms with Gasteiger partial charge in [0.2, 0.25) is 5.91 Å². The fourth-order valence-corrected chi connectivity index (χ4v) is 3.63. The number of carbonyl (C=O) groups excluding carboxylic acids is 1. The van der Waals surface area contributed by atoms with Crippen LogP contribution < -0.4 is 20.5 Å². The molecule has 0 bridgehead atoms. The maximum Gasteiger partial charge on any atom is 0.238 e. The van der Waals surface area contributed by atoms with Crippen LogP contribution in [-0.2, 0) is 4.79 Å². The van der Waals surface area contributed by atoms with Crippen LogP contribution in [0.3, 0.4) is 0 Å². The van der Waals surface area contributed by atoms with E-state index in [2.05, 4.69) is 22.3 Å². The van der Waals surface area contributed by atoms with Gasteiger partial charge in [0.05, 0.1) is 19.8 Å². The van der Waals surface area contributed by atoms with Gasteiger partial charge in [-0.1, -0.05) is 30.3 Å². The van der Waals surface area contributed by atoms with Crippen LogP contribution >= 0.6 is 12.4 Å². The van der Waals surface area contributed by atoms with Gasteiger partial charge in [0.1, 0.15) is 0 Å². The number of hydrogen-bond acceptors (Lipinski definition) is 5. The quantitative estimate of drug-likeness (QED) is 0.686. The van der Waals surface area contributed by atoms with E-state index < -0.39 is 0 Å². The number of nitrogens with zero attached hydrogens (tertiary/aromatic N) is 1. The number of nitrogens with one attached hydrogen (secondary N) is 1. The lowest BCUT2D eigenvalue weighted by Crippen LogP contribution is -2.33. The maximum atomic E-state index is 12.5. The molecule has 0 aliphatic carbocycles. The van der Waals surface area contributed by atoms with Crippen molar-refractivity contribution < 1.29 is 14.3 Å². The number of likely N-dealkylation sites (tertiary alicyclic amines) is 1. The van der Waals surface area contributed by atoms with E-state index in [4.69, 9.17) is 15.2 Å². The van der Waals surface area contributed by atoms with E-state index in [1.54, 1.807) is 6.07 Å². The summed E-state index contributed by atoms with van der Waals surface area (Å²) in [6.45, 7) is 6.74. The Kier molecular flexibility index (Phi) is 8.76. The largest absolute Gasteiger partial charge is 0.490 e. The molecule has 158 valence electrons. The Labute approximate surface area is 178 Å². The first-order valence-corrected chi connectivity index (χ1v) is 9.83. The highest BCUT2D eigenvalue weighted by atomic mass is 35.5. The van der Waals surface area contributed by atoms with E-state index in [1.807, 2.05) is 44.2 Å². The van der Waals surface area contributed by atoms with Crippen molar-refractivity contribution >= 4 is 24.0 Å². The van der Waals surface area contributed by atoms with Crippen molar-refractivity contribution in [3.05, 3.63) is 54.1 Å². The Morgan fingerprint density at radius 3 is 2.45 bits per heavy atom. The van der Waals surface area contributed by atoms with Crippen LogP contribution in [0.5, 0.6) is 11.5 Å². The summed E-state index contributed by atoms with van der Waals surface area (Å²) in [5, 5.41) is 2.95. The molecule has 1 aliphatic rings. The molecule has 29 heavy (non-hydrogen) atoms. The van der Waals surface area contributed by atoms with Gasteiger partial charge in [-0.25, -0.2) is 0 Å². The number of nitrogens with two attached hydrogens (primary N) is 1. The first-order chi connectivity index (χ1) is 13.6. The van der Waals surface area contributed by atoms with Gasteiger partial charge in [0.15, 0.2) is 11.5 Å². The lowest BCUT2D eigenvalue weighted by molar-refractivity contribution is -0.117. The van der Waals surface area contributed by atoms with Crippen molar-refractivity contribution in [2.24, 2.45) is 5.73 Å². The lowest BCUT2D eigenvalue weighted by Gasteiger charge is -2.17. The van der Waals surface area contributed by atoms with Crippen LogP contribution in [0.1, 0.15) is 25.3 Å². The van der Waals surface area contributed by atoms with Gasteiger partial charge >= 0.3 is 0 Å². The van der Waals surface area contributed by atoms with Crippen molar-refractivity contribution in [3.63, 3.8) is 0 Å². The second-order valence-corrected chi connectivity index (χ2v) is 6.95. The summed E-state index contributed by atoms with van der Waals surface area (Å²) in [7, 11) is 0. The second kappa shape index (κ2) is 11.0. The third-order valence-corrected chi connectivity index (χ3v) is 4.86. The standard InChI is InChI=1S/C22H29N3O3.ClH/c1-3-27-20-11-10-17(12-21(20)28-4-2)24-22(26)15-25-13-18(19(23)14-25)16-8-6-5-7-9-16;/h5-12,18-19H,3-4,13-15,23H2,1-2H3,(H,24,26);1H/t18-,19+;/m0./s1. The van der Waals surface area contributed by atoms with Crippen molar-refractivity contribution in [2.45, 2.75) is 25.8 Å². The molecule has 0 spiro atoms. The molecule has 3 N–H and O–H groups in total. The molecule has 0 aromatic heterocycles. The highest BCUT2D eigenvalue weighted by molar-refractivity contribution is 5.92. The minimum atomic E-state index is -0.0625. The number of halogens is 1. The number of anilines is 1. The average Bonchev–Trinajstić information content (AvgIpc) is 3.05. The number of hydrogen-bond donors (Lipinski definition) is 2. The Morgan fingerprint density at radius 1 is 1.07 bits per heavy atom. The van der Waals surface area contributed by atoms with E-state index in [9.17, 15) is 4.79 Å². The zero-order valence-corrected chi connectivity index (χ0v) is 17.8. The van der Waals surface area contributed by atoms with E-state index >= 15 is 0 Å². The SMILES string of the molecule is CCOc1ccc(NC(=O)CN2C[C@@H](N)[C@H](c3ccccc3)C2)cc1OCC.Cl. The second-order valence-electron chi connectivity index (χ2n) is 6.95. The summed E-state index contributed by atoms with van der Waals surface area (Å²) in [6, 6.07) is 15.7. The Bertz CT molecular complexity index is 788. The smallest absolute Gasteiger partial charge is 0.238 e. The molecule has 0 radical (unpaired) electrons. The number of ether oxygens (including phenoxy) is 2. The van der Waals surface area contributed by atoms with E-state index in [0.29, 0.717) is 43.5 Å². The summed E-state index contributed by atoms with van der Waals surface area (Å²) in [5.74, 6) is 1.50. The van der Waals surface area contributed by atoms with Crippen LogP contribution in [0.4, 0.5) is 5.69 Å².